The van der Waals surface area contributed by atoms with Crippen molar-refractivity contribution in [2.45, 2.75) is 25.4 Å². The first-order chi connectivity index (χ1) is 8.45. The number of nitrogens with one attached hydrogen (secondary N) is 1. The topological polar surface area (TPSA) is 82.0 Å². The Kier molecular flexibility index (Phi) is 4.95. The fraction of sp³-hybridized carbons (Fsp3) is 0.538. The molecule has 0 fully saturated rings. The van der Waals surface area contributed by atoms with E-state index in [2.05, 4.69) is 5.32 Å². The van der Waals surface area contributed by atoms with E-state index in [-0.39, 0.29) is 25.0 Å². The molecule has 1 rings (SSSR count). The summed E-state index contributed by atoms with van der Waals surface area (Å²) in [7, 11) is 1.56. The Labute approximate surface area is 107 Å². The number of phenols is 1. The predicted molar refractivity (Wildman–Crippen MR) is 68.8 cm³/mol. The number of aliphatic hydroxyl groups excluding tert-OH is 2. The van der Waals surface area contributed by atoms with Gasteiger partial charge in [-0.05, 0) is 32.0 Å². The molecule has 0 saturated carbocycles. The Morgan fingerprint density at radius 2 is 1.94 bits per heavy atom. The number of aliphatic hydroxyl groups is 2. The van der Waals surface area contributed by atoms with E-state index in [4.69, 9.17) is 4.74 Å². The highest BCUT2D eigenvalue weighted by Crippen LogP contribution is 2.29. The van der Waals surface area contributed by atoms with E-state index in [0.717, 1.165) is 0 Å². The first-order valence-corrected chi connectivity index (χ1v) is 5.82. The van der Waals surface area contributed by atoms with Gasteiger partial charge in [-0.1, -0.05) is 0 Å². The number of ether oxygens (including phenoxy) is 1. The average Bonchev–Trinajstić information content (AvgIpc) is 2.39. The number of methoxy groups -OCH3 is 1. The Morgan fingerprint density at radius 1 is 1.33 bits per heavy atom. The second-order valence-electron chi connectivity index (χ2n) is 4.67. The van der Waals surface area contributed by atoms with Gasteiger partial charge in [0.2, 0.25) is 0 Å². The van der Waals surface area contributed by atoms with Crippen molar-refractivity contribution < 1.29 is 20.1 Å². The van der Waals surface area contributed by atoms with Gasteiger partial charge in [0.15, 0.2) is 0 Å². The maximum atomic E-state index is 9.82. The molecule has 0 saturated heterocycles. The van der Waals surface area contributed by atoms with Crippen LogP contribution in [0.2, 0.25) is 0 Å². The summed E-state index contributed by atoms with van der Waals surface area (Å²) < 4.78 is 5.11. The smallest absolute Gasteiger partial charge is 0.120 e. The van der Waals surface area contributed by atoms with Crippen molar-refractivity contribution in [2.75, 3.05) is 20.3 Å². The second kappa shape index (κ2) is 6.04. The standard InChI is InChI=1S/C13H21NO4/c1-9(14-13(2,7-15)8-16)11-6-10(18-3)4-5-12(11)17/h4-6,9,14-17H,7-8H2,1-3H3. The van der Waals surface area contributed by atoms with Crippen LogP contribution in [-0.4, -0.2) is 41.2 Å². The van der Waals surface area contributed by atoms with Gasteiger partial charge in [0.25, 0.3) is 0 Å². The molecule has 18 heavy (non-hydrogen) atoms. The summed E-state index contributed by atoms with van der Waals surface area (Å²) in [6.07, 6.45) is 0. The zero-order valence-corrected chi connectivity index (χ0v) is 11.0. The van der Waals surface area contributed by atoms with E-state index < -0.39 is 5.54 Å². The van der Waals surface area contributed by atoms with Crippen molar-refractivity contribution in [3.63, 3.8) is 0 Å². The SMILES string of the molecule is COc1ccc(O)c(C(C)NC(C)(CO)CO)c1. The number of benzene rings is 1. The molecule has 0 spiro atoms. The van der Waals surface area contributed by atoms with Crippen molar-refractivity contribution in [1.82, 2.24) is 5.32 Å². The van der Waals surface area contributed by atoms with Crippen LogP contribution in [0.4, 0.5) is 0 Å². The van der Waals surface area contributed by atoms with Crippen molar-refractivity contribution in [2.24, 2.45) is 0 Å². The minimum Gasteiger partial charge on any atom is -0.508 e. The van der Waals surface area contributed by atoms with Gasteiger partial charge in [0.1, 0.15) is 11.5 Å². The van der Waals surface area contributed by atoms with E-state index in [1.807, 2.05) is 6.92 Å². The molecule has 5 heteroatoms. The summed E-state index contributed by atoms with van der Waals surface area (Å²) >= 11 is 0. The quantitative estimate of drug-likeness (QED) is 0.604. The van der Waals surface area contributed by atoms with Gasteiger partial charge in [0, 0.05) is 11.6 Å². The molecule has 1 unspecified atom stereocenters. The largest absolute Gasteiger partial charge is 0.508 e. The number of hydrogen-bond acceptors (Lipinski definition) is 5. The van der Waals surface area contributed by atoms with Crippen molar-refractivity contribution in [3.05, 3.63) is 23.8 Å². The van der Waals surface area contributed by atoms with Crippen LogP contribution < -0.4 is 10.1 Å². The van der Waals surface area contributed by atoms with Gasteiger partial charge < -0.3 is 25.4 Å². The fourth-order valence-corrected chi connectivity index (χ4v) is 1.75. The number of hydrogen-bond donors (Lipinski definition) is 4. The number of aromatic hydroxyl groups is 1. The fourth-order valence-electron chi connectivity index (χ4n) is 1.75. The molecule has 4 N–H and O–H groups in total. The van der Waals surface area contributed by atoms with Crippen LogP contribution in [0.15, 0.2) is 18.2 Å². The van der Waals surface area contributed by atoms with Crippen LogP contribution in [0.25, 0.3) is 0 Å². The minimum absolute atomic E-state index is 0.147. The molecule has 0 amide bonds. The molecule has 1 aromatic carbocycles. The third-order valence-electron chi connectivity index (χ3n) is 2.96. The highest BCUT2D eigenvalue weighted by Gasteiger charge is 2.25. The Balaban J connectivity index is 2.92. The van der Waals surface area contributed by atoms with E-state index >= 15 is 0 Å². The highest BCUT2D eigenvalue weighted by atomic mass is 16.5. The summed E-state index contributed by atoms with van der Waals surface area (Å²) in [6.45, 7) is 3.16. The predicted octanol–water partition coefficient (Wildman–Crippen LogP) is 0.795. The monoisotopic (exact) mass is 255 g/mol. The molecule has 0 aliphatic rings. The number of phenolic OH excluding ortho intramolecular Hbond substituents is 1. The number of rotatable bonds is 6. The van der Waals surface area contributed by atoms with Gasteiger partial charge in [0.05, 0.1) is 25.9 Å². The van der Waals surface area contributed by atoms with E-state index in [1.165, 1.54) is 0 Å². The molecule has 0 bridgehead atoms. The molecule has 0 heterocycles. The van der Waals surface area contributed by atoms with Crippen LogP contribution in [0.3, 0.4) is 0 Å². The van der Waals surface area contributed by atoms with Crippen LogP contribution in [0.5, 0.6) is 11.5 Å². The van der Waals surface area contributed by atoms with Crippen molar-refractivity contribution in [3.8, 4) is 11.5 Å². The van der Waals surface area contributed by atoms with Gasteiger partial charge in [-0.25, -0.2) is 0 Å². The van der Waals surface area contributed by atoms with Crippen LogP contribution >= 0.6 is 0 Å². The normalized spacial score (nSPS) is 13.4. The Hall–Kier alpha value is -1.30. The van der Waals surface area contributed by atoms with Gasteiger partial charge in [-0.15, -0.1) is 0 Å². The lowest BCUT2D eigenvalue weighted by Gasteiger charge is -2.30. The molecular weight excluding hydrogens is 234 g/mol. The molecule has 1 atom stereocenters. The molecule has 0 aliphatic carbocycles. The van der Waals surface area contributed by atoms with Crippen LogP contribution in [0, 0.1) is 0 Å². The van der Waals surface area contributed by atoms with Crippen LogP contribution in [0.1, 0.15) is 25.5 Å². The lowest BCUT2D eigenvalue weighted by atomic mass is 10.00. The second-order valence-corrected chi connectivity index (χ2v) is 4.67. The zero-order chi connectivity index (χ0) is 13.8. The van der Waals surface area contributed by atoms with Crippen molar-refractivity contribution in [1.29, 1.82) is 0 Å². The molecule has 0 aromatic heterocycles. The first-order valence-electron chi connectivity index (χ1n) is 5.82. The van der Waals surface area contributed by atoms with Gasteiger partial charge in [-0.3, -0.25) is 0 Å². The highest BCUT2D eigenvalue weighted by molar-refractivity contribution is 5.41. The summed E-state index contributed by atoms with van der Waals surface area (Å²) in [5, 5.41) is 31.4. The molecule has 5 nitrogen and oxygen atoms in total. The average molecular weight is 255 g/mol. The molecule has 0 radical (unpaired) electrons. The molecular formula is C13H21NO4. The summed E-state index contributed by atoms with van der Waals surface area (Å²) in [4.78, 5) is 0. The maximum Gasteiger partial charge on any atom is 0.120 e. The van der Waals surface area contributed by atoms with Gasteiger partial charge in [-0.2, -0.15) is 0 Å². The maximum absolute atomic E-state index is 9.82. The lowest BCUT2D eigenvalue weighted by molar-refractivity contribution is 0.0954. The van der Waals surface area contributed by atoms with E-state index in [0.29, 0.717) is 11.3 Å². The molecule has 102 valence electrons. The van der Waals surface area contributed by atoms with Crippen molar-refractivity contribution >= 4 is 0 Å². The van der Waals surface area contributed by atoms with Crippen LogP contribution in [-0.2, 0) is 0 Å². The third-order valence-corrected chi connectivity index (χ3v) is 2.96. The summed E-state index contributed by atoms with van der Waals surface area (Å²) in [5.41, 5.74) is -0.142. The minimum atomic E-state index is -0.797. The summed E-state index contributed by atoms with van der Waals surface area (Å²) in [5.74, 6) is 0.792. The molecule has 0 aliphatic heterocycles. The van der Waals surface area contributed by atoms with E-state index in [9.17, 15) is 15.3 Å². The molecule has 1 aromatic rings. The lowest BCUT2D eigenvalue weighted by Crippen LogP contribution is -2.49. The van der Waals surface area contributed by atoms with Gasteiger partial charge >= 0.3 is 0 Å². The van der Waals surface area contributed by atoms with E-state index in [1.54, 1.807) is 32.2 Å². The summed E-state index contributed by atoms with van der Waals surface area (Å²) in [6, 6.07) is 4.72. The Bertz CT molecular complexity index is 391. The first kappa shape index (κ1) is 14.8. The third kappa shape index (κ3) is 3.35. The zero-order valence-electron chi connectivity index (χ0n) is 11.0. The Morgan fingerprint density at radius 3 is 2.44 bits per heavy atom.